The van der Waals surface area contributed by atoms with Crippen LogP contribution in [0.5, 0.6) is 0 Å². The molecule has 2 heteroatoms. The van der Waals surface area contributed by atoms with E-state index in [9.17, 15) is 4.39 Å². The van der Waals surface area contributed by atoms with Crippen LogP contribution in [0.1, 0.15) is 63.9 Å². The minimum Gasteiger partial charge on any atom is -0.207 e. The van der Waals surface area contributed by atoms with E-state index in [1.165, 1.54) is 44.9 Å². The van der Waals surface area contributed by atoms with Gasteiger partial charge in [0.1, 0.15) is 5.82 Å². The van der Waals surface area contributed by atoms with Crippen LogP contribution in [-0.4, -0.2) is 0 Å². The number of rotatable bonds is 6. The molecule has 0 bridgehead atoms. The fraction of sp³-hybridized carbons (Fsp3) is 0.667. The van der Waals surface area contributed by atoms with Crippen molar-refractivity contribution in [2.45, 2.75) is 64.7 Å². The molecule has 20 heavy (non-hydrogen) atoms. The van der Waals surface area contributed by atoms with Gasteiger partial charge in [0, 0.05) is 0 Å². The molecule has 1 atom stereocenters. The highest BCUT2D eigenvalue weighted by Crippen LogP contribution is 2.31. The molecule has 0 aromatic heterocycles. The van der Waals surface area contributed by atoms with Crippen molar-refractivity contribution in [1.82, 2.24) is 0 Å². The van der Waals surface area contributed by atoms with E-state index in [1.807, 2.05) is 12.1 Å². The van der Waals surface area contributed by atoms with Gasteiger partial charge in [0.25, 0.3) is 0 Å². The Hall–Kier alpha value is -0.560. The predicted molar refractivity (Wildman–Crippen MR) is 86.9 cm³/mol. The monoisotopic (exact) mass is 298 g/mol. The largest absolute Gasteiger partial charge is 0.207 e. The first-order valence-corrected chi connectivity index (χ1v) is 8.03. The van der Waals surface area contributed by atoms with Gasteiger partial charge in [-0.15, -0.1) is 12.4 Å². The third kappa shape index (κ3) is 5.44. The molecule has 0 heterocycles. The number of halogens is 2. The molecule has 114 valence electrons. The molecule has 0 aliphatic heterocycles. The number of aryl methyl sites for hydroxylation is 1. The lowest BCUT2D eigenvalue weighted by atomic mass is 9.80. The standard InChI is InChI=1S/C18H27F.ClH/c1-2-15(14-16-8-4-3-5-9-16)12-13-17-10-6-7-11-18(17)19;/h6-7,10-11,15-16H,2-5,8-9,12-14H2,1H3;1H. The lowest BCUT2D eigenvalue weighted by Crippen LogP contribution is -2.13. The maximum Gasteiger partial charge on any atom is 0.126 e. The van der Waals surface area contributed by atoms with Crippen LogP contribution in [0.4, 0.5) is 4.39 Å². The Morgan fingerprint density at radius 3 is 2.50 bits per heavy atom. The van der Waals surface area contributed by atoms with Crippen molar-refractivity contribution in [2.24, 2.45) is 11.8 Å². The van der Waals surface area contributed by atoms with Crippen molar-refractivity contribution in [2.75, 3.05) is 0 Å². The second-order valence-electron chi connectivity index (χ2n) is 6.14. The van der Waals surface area contributed by atoms with Crippen LogP contribution in [0.15, 0.2) is 24.3 Å². The number of hydrogen-bond donors (Lipinski definition) is 0. The van der Waals surface area contributed by atoms with Crippen molar-refractivity contribution < 1.29 is 4.39 Å². The van der Waals surface area contributed by atoms with Crippen LogP contribution in [0.2, 0.25) is 0 Å². The molecule has 0 radical (unpaired) electrons. The smallest absolute Gasteiger partial charge is 0.126 e. The highest BCUT2D eigenvalue weighted by Gasteiger charge is 2.18. The quantitative estimate of drug-likeness (QED) is 0.588. The first-order valence-electron chi connectivity index (χ1n) is 8.03. The first kappa shape index (κ1) is 17.5. The van der Waals surface area contributed by atoms with Crippen LogP contribution < -0.4 is 0 Å². The SMILES string of the molecule is CCC(CCc1ccccc1F)CC1CCCCC1.Cl. The summed E-state index contributed by atoms with van der Waals surface area (Å²) < 4.78 is 13.6. The normalized spacial score (nSPS) is 17.5. The Morgan fingerprint density at radius 2 is 1.85 bits per heavy atom. The van der Waals surface area contributed by atoms with Gasteiger partial charge < -0.3 is 0 Å². The van der Waals surface area contributed by atoms with Crippen molar-refractivity contribution in [3.63, 3.8) is 0 Å². The van der Waals surface area contributed by atoms with Gasteiger partial charge in [0.05, 0.1) is 0 Å². The first-order chi connectivity index (χ1) is 9.29. The third-order valence-electron chi connectivity index (χ3n) is 4.75. The summed E-state index contributed by atoms with van der Waals surface area (Å²) in [6, 6.07) is 7.23. The lowest BCUT2D eigenvalue weighted by Gasteiger charge is -2.26. The maximum absolute atomic E-state index is 13.6. The second-order valence-corrected chi connectivity index (χ2v) is 6.14. The molecule has 0 amide bonds. The Kier molecular flexibility index (Phi) is 8.21. The van der Waals surface area contributed by atoms with Crippen molar-refractivity contribution >= 4 is 12.4 Å². The average Bonchev–Trinajstić information content (AvgIpc) is 2.46. The van der Waals surface area contributed by atoms with Crippen molar-refractivity contribution in [3.8, 4) is 0 Å². The molecule has 0 nitrogen and oxygen atoms in total. The van der Waals surface area contributed by atoms with Crippen LogP contribution >= 0.6 is 12.4 Å². The van der Waals surface area contributed by atoms with E-state index in [2.05, 4.69) is 6.92 Å². The minimum absolute atomic E-state index is 0. The third-order valence-corrected chi connectivity index (χ3v) is 4.75. The van der Waals surface area contributed by atoms with E-state index in [4.69, 9.17) is 0 Å². The van der Waals surface area contributed by atoms with Crippen molar-refractivity contribution in [3.05, 3.63) is 35.6 Å². The van der Waals surface area contributed by atoms with Crippen molar-refractivity contribution in [1.29, 1.82) is 0 Å². The summed E-state index contributed by atoms with van der Waals surface area (Å²) in [5.41, 5.74) is 0.893. The fourth-order valence-corrected chi connectivity index (χ4v) is 3.44. The van der Waals surface area contributed by atoms with E-state index in [-0.39, 0.29) is 18.2 Å². The van der Waals surface area contributed by atoms with Crippen LogP contribution in [0.25, 0.3) is 0 Å². The molecular weight excluding hydrogens is 271 g/mol. The second kappa shape index (κ2) is 9.39. The minimum atomic E-state index is -0.0324. The highest BCUT2D eigenvalue weighted by atomic mass is 35.5. The lowest BCUT2D eigenvalue weighted by molar-refractivity contribution is 0.274. The molecule has 2 rings (SSSR count). The van der Waals surface area contributed by atoms with E-state index >= 15 is 0 Å². The number of benzene rings is 1. The van der Waals surface area contributed by atoms with Crippen LogP contribution in [-0.2, 0) is 6.42 Å². The van der Waals surface area contributed by atoms with Gasteiger partial charge in [-0.05, 0) is 42.7 Å². The number of hydrogen-bond acceptors (Lipinski definition) is 0. The molecular formula is C18H28ClF. The van der Waals surface area contributed by atoms with Gasteiger partial charge in [0.2, 0.25) is 0 Å². The van der Waals surface area contributed by atoms with Gasteiger partial charge in [-0.25, -0.2) is 4.39 Å². The summed E-state index contributed by atoms with van der Waals surface area (Å²) in [5, 5.41) is 0. The molecule has 1 aromatic rings. The zero-order valence-electron chi connectivity index (χ0n) is 12.6. The topological polar surface area (TPSA) is 0 Å². The summed E-state index contributed by atoms with van der Waals surface area (Å²) in [4.78, 5) is 0. The van der Waals surface area contributed by atoms with Gasteiger partial charge in [-0.3, -0.25) is 0 Å². The van der Waals surface area contributed by atoms with Gasteiger partial charge in [0.15, 0.2) is 0 Å². The van der Waals surface area contributed by atoms with E-state index < -0.39 is 0 Å². The van der Waals surface area contributed by atoms with Gasteiger partial charge in [-0.1, -0.05) is 63.6 Å². The summed E-state index contributed by atoms with van der Waals surface area (Å²) >= 11 is 0. The van der Waals surface area contributed by atoms with Gasteiger partial charge in [-0.2, -0.15) is 0 Å². The Balaban J connectivity index is 0.00000200. The van der Waals surface area contributed by atoms with E-state index in [0.717, 1.165) is 30.2 Å². The average molecular weight is 299 g/mol. The molecule has 1 saturated carbocycles. The summed E-state index contributed by atoms with van der Waals surface area (Å²) in [6.45, 7) is 2.29. The molecule has 0 saturated heterocycles. The molecule has 0 spiro atoms. The van der Waals surface area contributed by atoms with Gasteiger partial charge >= 0.3 is 0 Å². The van der Waals surface area contributed by atoms with E-state index in [1.54, 1.807) is 12.1 Å². The predicted octanol–water partition coefficient (Wildman–Crippen LogP) is 6.18. The molecule has 1 aliphatic rings. The molecule has 1 aromatic carbocycles. The summed E-state index contributed by atoms with van der Waals surface area (Å²) in [5.74, 6) is 1.69. The zero-order valence-corrected chi connectivity index (χ0v) is 13.4. The Morgan fingerprint density at radius 1 is 1.15 bits per heavy atom. The molecule has 1 fully saturated rings. The zero-order chi connectivity index (χ0) is 13.5. The summed E-state index contributed by atoms with van der Waals surface area (Å²) in [7, 11) is 0. The molecule has 0 N–H and O–H groups in total. The highest BCUT2D eigenvalue weighted by molar-refractivity contribution is 5.85. The van der Waals surface area contributed by atoms with Crippen LogP contribution in [0, 0.1) is 17.7 Å². The molecule has 1 aliphatic carbocycles. The maximum atomic E-state index is 13.6. The van der Waals surface area contributed by atoms with E-state index in [0.29, 0.717) is 0 Å². The Bertz CT molecular complexity index is 371. The summed E-state index contributed by atoms with van der Waals surface area (Å²) in [6.07, 6.45) is 11.8. The van der Waals surface area contributed by atoms with Crippen LogP contribution in [0.3, 0.4) is 0 Å². The Labute approximate surface area is 129 Å². The fourth-order valence-electron chi connectivity index (χ4n) is 3.44. The molecule has 1 unspecified atom stereocenters.